The van der Waals surface area contributed by atoms with E-state index in [2.05, 4.69) is 23.5 Å². The first-order valence-corrected chi connectivity index (χ1v) is 8.33. The van der Waals surface area contributed by atoms with Gasteiger partial charge in [-0.05, 0) is 49.5 Å². The minimum Gasteiger partial charge on any atom is -0.338 e. The number of halogens is 1. The van der Waals surface area contributed by atoms with Gasteiger partial charge in [-0.25, -0.2) is 0 Å². The van der Waals surface area contributed by atoms with Gasteiger partial charge in [0.15, 0.2) is 0 Å². The molecule has 3 rings (SSSR count). The molecule has 0 radical (unpaired) electrons. The quantitative estimate of drug-likeness (QED) is 0.901. The van der Waals surface area contributed by atoms with Gasteiger partial charge in [0, 0.05) is 18.7 Å². The summed E-state index contributed by atoms with van der Waals surface area (Å²) in [4.78, 5) is 14.9. The van der Waals surface area contributed by atoms with Crippen LogP contribution in [0.3, 0.4) is 0 Å². The molecule has 1 atom stereocenters. The van der Waals surface area contributed by atoms with E-state index in [0.29, 0.717) is 5.92 Å². The number of carbonyl (C=O) groups is 1. The lowest BCUT2D eigenvalue weighted by molar-refractivity contribution is 0.0786. The molecule has 0 bridgehead atoms. The van der Waals surface area contributed by atoms with Crippen molar-refractivity contribution in [3.05, 3.63) is 71.3 Å². The zero-order valence-electron chi connectivity index (χ0n) is 14.1. The fourth-order valence-corrected chi connectivity index (χ4v) is 3.34. The van der Waals surface area contributed by atoms with E-state index in [1.165, 1.54) is 5.56 Å². The summed E-state index contributed by atoms with van der Waals surface area (Å²) in [7, 11) is 1.97. The Morgan fingerprint density at radius 3 is 2.58 bits per heavy atom. The summed E-state index contributed by atoms with van der Waals surface area (Å²) in [6.45, 7) is 2.71. The van der Waals surface area contributed by atoms with E-state index in [1.807, 2.05) is 48.3 Å². The van der Waals surface area contributed by atoms with Gasteiger partial charge in [-0.3, -0.25) is 4.79 Å². The number of carbonyl (C=O) groups excluding carboxylic acids is 1. The summed E-state index contributed by atoms with van der Waals surface area (Å²) in [5.74, 6) is 0.750. The number of hydrogen-bond donors (Lipinski definition) is 1. The van der Waals surface area contributed by atoms with Crippen LogP contribution in [0.1, 0.15) is 27.9 Å². The predicted molar refractivity (Wildman–Crippen MR) is 101 cm³/mol. The smallest absolute Gasteiger partial charge is 0.254 e. The standard InChI is InChI=1S/C20H24N2O.ClH/c1-21-14-17-11-12-22(15-17)20(23)19-10-6-5-9-18(19)13-16-7-3-2-4-8-16;/h2-10,17,21H,11-15H2,1H3;1H. The van der Waals surface area contributed by atoms with Crippen LogP contribution in [0.25, 0.3) is 0 Å². The molecule has 4 heteroatoms. The molecule has 24 heavy (non-hydrogen) atoms. The molecule has 3 nitrogen and oxygen atoms in total. The van der Waals surface area contributed by atoms with Crippen molar-refractivity contribution < 1.29 is 4.79 Å². The van der Waals surface area contributed by atoms with Crippen molar-refractivity contribution in [3.63, 3.8) is 0 Å². The van der Waals surface area contributed by atoms with Gasteiger partial charge in [-0.1, -0.05) is 48.5 Å². The Morgan fingerprint density at radius 2 is 1.83 bits per heavy atom. The highest BCUT2D eigenvalue weighted by Gasteiger charge is 2.27. The highest BCUT2D eigenvalue weighted by atomic mass is 35.5. The maximum absolute atomic E-state index is 12.9. The van der Waals surface area contributed by atoms with E-state index < -0.39 is 0 Å². The minimum atomic E-state index is 0. The number of rotatable bonds is 5. The Bertz CT molecular complexity index is 660. The number of nitrogens with one attached hydrogen (secondary N) is 1. The fourth-order valence-electron chi connectivity index (χ4n) is 3.34. The SMILES string of the molecule is CNCC1CCN(C(=O)c2ccccc2Cc2ccccc2)C1.Cl. The summed E-state index contributed by atoms with van der Waals surface area (Å²) < 4.78 is 0. The number of amides is 1. The van der Waals surface area contributed by atoms with Crippen LogP contribution in [-0.2, 0) is 6.42 Å². The first kappa shape index (κ1) is 18.5. The molecule has 0 aliphatic carbocycles. The molecule has 1 heterocycles. The average Bonchev–Trinajstić information content (AvgIpc) is 3.05. The Kier molecular flexibility index (Phi) is 6.83. The second-order valence-corrected chi connectivity index (χ2v) is 6.28. The lowest BCUT2D eigenvalue weighted by Gasteiger charge is -2.19. The predicted octanol–water partition coefficient (Wildman–Crippen LogP) is 3.38. The Balaban J connectivity index is 0.00000208. The molecule has 0 spiro atoms. The van der Waals surface area contributed by atoms with E-state index in [0.717, 1.165) is 43.6 Å². The van der Waals surface area contributed by atoms with Crippen molar-refractivity contribution in [3.8, 4) is 0 Å². The molecule has 0 saturated carbocycles. The molecule has 1 N–H and O–H groups in total. The third kappa shape index (κ3) is 4.37. The first-order chi connectivity index (χ1) is 11.3. The maximum Gasteiger partial charge on any atom is 0.254 e. The van der Waals surface area contributed by atoms with Gasteiger partial charge in [0.25, 0.3) is 5.91 Å². The number of likely N-dealkylation sites (tertiary alicyclic amines) is 1. The summed E-state index contributed by atoms with van der Waals surface area (Å²) in [6, 6.07) is 18.3. The normalized spacial score (nSPS) is 16.7. The molecule has 0 aromatic heterocycles. The second kappa shape index (κ2) is 8.86. The molecule has 1 fully saturated rings. The van der Waals surface area contributed by atoms with Crippen LogP contribution in [0, 0.1) is 5.92 Å². The molecule has 1 amide bonds. The van der Waals surface area contributed by atoms with Gasteiger partial charge in [-0.2, -0.15) is 0 Å². The van der Waals surface area contributed by atoms with E-state index in [9.17, 15) is 4.79 Å². The van der Waals surface area contributed by atoms with E-state index >= 15 is 0 Å². The van der Waals surface area contributed by atoms with Gasteiger partial charge in [0.1, 0.15) is 0 Å². The summed E-state index contributed by atoms with van der Waals surface area (Å²) in [5, 5.41) is 3.21. The van der Waals surface area contributed by atoms with Gasteiger partial charge >= 0.3 is 0 Å². The Labute approximate surface area is 150 Å². The zero-order valence-corrected chi connectivity index (χ0v) is 14.9. The van der Waals surface area contributed by atoms with Crippen LogP contribution in [0.5, 0.6) is 0 Å². The summed E-state index contributed by atoms with van der Waals surface area (Å²) in [5.41, 5.74) is 3.20. The van der Waals surface area contributed by atoms with Gasteiger partial charge in [-0.15, -0.1) is 12.4 Å². The highest BCUT2D eigenvalue weighted by molar-refractivity contribution is 5.96. The molecule has 2 aromatic rings. The Hall–Kier alpha value is -1.84. The summed E-state index contributed by atoms with van der Waals surface area (Å²) in [6.07, 6.45) is 1.89. The topological polar surface area (TPSA) is 32.3 Å². The molecule has 1 aliphatic rings. The molecular weight excluding hydrogens is 320 g/mol. The monoisotopic (exact) mass is 344 g/mol. The van der Waals surface area contributed by atoms with Crippen molar-refractivity contribution >= 4 is 18.3 Å². The van der Waals surface area contributed by atoms with E-state index in [4.69, 9.17) is 0 Å². The number of nitrogens with zero attached hydrogens (tertiary/aromatic N) is 1. The molecule has 1 unspecified atom stereocenters. The highest BCUT2D eigenvalue weighted by Crippen LogP contribution is 2.21. The molecule has 2 aromatic carbocycles. The number of hydrogen-bond acceptors (Lipinski definition) is 2. The van der Waals surface area contributed by atoms with Gasteiger partial charge in [0.2, 0.25) is 0 Å². The van der Waals surface area contributed by atoms with Crippen LogP contribution in [0.15, 0.2) is 54.6 Å². The second-order valence-electron chi connectivity index (χ2n) is 6.28. The lowest BCUT2D eigenvalue weighted by Crippen LogP contribution is -2.31. The molecular formula is C20H25ClN2O. The molecule has 128 valence electrons. The zero-order chi connectivity index (χ0) is 16.1. The van der Waals surface area contributed by atoms with Crippen LogP contribution < -0.4 is 5.32 Å². The van der Waals surface area contributed by atoms with Crippen molar-refractivity contribution in [2.45, 2.75) is 12.8 Å². The van der Waals surface area contributed by atoms with Crippen molar-refractivity contribution in [2.24, 2.45) is 5.92 Å². The van der Waals surface area contributed by atoms with E-state index in [-0.39, 0.29) is 18.3 Å². The van der Waals surface area contributed by atoms with Crippen LogP contribution in [-0.4, -0.2) is 37.5 Å². The average molecular weight is 345 g/mol. The largest absolute Gasteiger partial charge is 0.338 e. The van der Waals surface area contributed by atoms with Crippen molar-refractivity contribution in [1.29, 1.82) is 0 Å². The van der Waals surface area contributed by atoms with Gasteiger partial charge in [0.05, 0.1) is 0 Å². The minimum absolute atomic E-state index is 0. The van der Waals surface area contributed by atoms with Crippen molar-refractivity contribution in [2.75, 3.05) is 26.7 Å². The third-order valence-electron chi connectivity index (χ3n) is 4.55. The van der Waals surface area contributed by atoms with Crippen LogP contribution in [0.4, 0.5) is 0 Å². The van der Waals surface area contributed by atoms with Crippen LogP contribution in [0.2, 0.25) is 0 Å². The summed E-state index contributed by atoms with van der Waals surface area (Å²) >= 11 is 0. The fraction of sp³-hybridized carbons (Fsp3) is 0.350. The maximum atomic E-state index is 12.9. The van der Waals surface area contributed by atoms with E-state index in [1.54, 1.807) is 0 Å². The first-order valence-electron chi connectivity index (χ1n) is 8.33. The number of benzene rings is 2. The van der Waals surface area contributed by atoms with Crippen molar-refractivity contribution in [1.82, 2.24) is 10.2 Å². The lowest BCUT2D eigenvalue weighted by atomic mass is 9.99. The van der Waals surface area contributed by atoms with Crippen LogP contribution >= 0.6 is 12.4 Å². The Morgan fingerprint density at radius 1 is 1.12 bits per heavy atom. The molecule has 1 saturated heterocycles. The third-order valence-corrected chi connectivity index (χ3v) is 4.55. The van der Waals surface area contributed by atoms with Gasteiger partial charge < -0.3 is 10.2 Å². The molecule has 1 aliphatic heterocycles.